The number of rotatable bonds is 5. The maximum absolute atomic E-state index is 12.6. The quantitative estimate of drug-likeness (QED) is 0.618. The van der Waals surface area contributed by atoms with Gasteiger partial charge in [-0.2, -0.15) is 0 Å². The van der Waals surface area contributed by atoms with Crippen LogP contribution in [0.4, 0.5) is 5.69 Å². The van der Waals surface area contributed by atoms with Gasteiger partial charge in [0, 0.05) is 30.9 Å². The average molecular weight is 380 g/mol. The fourth-order valence-corrected chi connectivity index (χ4v) is 2.96. The molecule has 0 atom stereocenters. The van der Waals surface area contributed by atoms with Crippen molar-refractivity contribution in [2.75, 3.05) is 44.7 Å². The molecule has 1 amide bonds. The fraction of sp³-hybridized carbons (Fsp3) is 0.364. The number of nitrogens with zero attached hydrogens (tertiary/aromatic N) is 2. The van der Waals surface area contributed by atoms with Crippen LogP contribution in [0.1, 0.15) is 21.5 Å². The first-order valence-electron chi connectivity index (χ1n) is 9.67. The largest absolute Gasteiger partial charge is 0.379 e. The zero-order valence-corrected chi connectivity index (χ0v) is 16.6. The number of benzene rings is 2. The number of nitrogens with one attached hydrogen (secondary N) is 2. The summed E-state index contributed by atoms with van der Waals surface area (Å²) >= 11 is 0. The molecule has 0 radical (unpaired) electrons. The molecule has 1 fully saturated rings. The molecule has 3 rings (SSSR count). The van der Waals surface area contributed by atoms with Crippen LogP contribution in [0.25, 0.3) is 0 Å². The van der Waals surface area contributed by atoms with Crippen molar-refractivity contribution in [3.63, 3.8) is 0 Å². The number of carbonyl (C=O) groups excluding carboxylic acids is 1. The Bertz CT molecular complexity index is 815. The molecule has 148 valence electrons. The van der Waals surface area contributed by atoms with Crippen molar-refractivity contribution in [2.24, 2.45) is 4.99 Å². The normalized spacial score (nSPS) is 15.3. The first kappa shape index (κ1) is 20.0. The first-order chi connectivity index (χ1) is 13.6. The molecule has 6 heteroatoms. The summed E-state index contributed by atoms with van der Waals surface area (Å²) in [6.07, 6.45) is 0. The number of ether oxygens (including phenoxy) is 1. The van der Waals surface area contributed by atoms with E-state index in [2.05, 4.69) is 46.5 Å². The molecule has 2 N–H and O–H groups in total. The third-order valence-corrected chi connectivity index (χ3v) is 4.83. The number of aryl methyl sites for hydroxylation is 2. The second kappa shape index (κ2) is 10.0. The van der Waals surface area contributed by atoms with E-state index >= 15 is 0 Å². The zero-order chi connectivity index (χ0) is 19.8. The van der Waals surface area contributed by atoms with Crippen molar-refractivity contribution in [3.05, 3.63) is 65.2 Å². The summed E-state index contributed by atoms with van der Waals surface area (Å²) in [7, 11) is 0. The van der Waals surface area contributed by atoms with E-state index in [4.69, 9.17) is 4.74 Å². The molecule has 2 aromatic carbocycles. The fourth-order valence-electron chi connectivity index (χ4n) is 2.96. The molecule has 0 aromatic heterocycles. The Morgan fingerprint density at radius 1 is 1.07 bits per heavy atom. The smallest absolute Gasteiger partial charge is 0.257 e. The molecular formula is C22H28N4O2. The third kappa shape index (κ3) is 5.90. The lowest BCUT2D eigenvalue weighted by Crippen LogP contribution is -2.39. The summed E-state index contributed by atoms with van der Waals surface area (Å²) < 4.78 is 5.38. The predicted molar refractivity (Wildman–Crippen MR) is 113 cm³/mol. The maximum atomic E-state index is 12.6. The molecule has 2 aromatic rings. The molecule has 0 saturated carbocycles. The van der Waals surface area contributed by atoms with Crippen molar-refractivity contribution in [1.29, 1.82) is 0 Å². The van der Waals surface area contributed by atoms with Crippen LogP contribution in [0.2, 0.25) is 0 Å². The number of hydrogen-bond donors (Lipinski definition) is 2. The van der Waals surface area contributed by atoms with Crippen molar-refractivity contribution >= 4 is 17.6 Å². The number of morpholine rings is 1. The highest BCUT2D eigenvalue weighted by Gasteiger charge is 2.11. The van der Waals surface area contributed by atoms with Crippen molar-refractivity contribution in [3.8, 4) is 0 Å². The van der Waals surface area contributed by atoms with Gasteiger partial charge in [-0.1, -0.05) is 24.3 Å². The number of anilines is 1. The minimum atomic E-state index is -0.179. The number of hydrogen-bond acceptors (Lipinski definition) is 4. The number of amides is 1. The van der Waals surface area contributed by atoms with Crippen molar-refractivity contribution < 1.29 is 9.53 Å². The number of carbonyl (C=O) groups is 1. The first-order valence-corrected chi connectivity index (χ1v) is 9.67. The molecule has 28 heavy (non-hydrogen) atoms. The topological polar surface area (TPSA) is 66.0 Å². The van der Waals surface area contributed by atoms with E-state index in [0.717, 1.165) is 38.5 Å². The Morgan fingerprint density at radius 3 is 2.54 bits per heavy atom. The summed E-state index contributed by atoms with van der Waals surface area (Å²) in [5.74, 6) is 0.285. The van der Waals surface area contributed by atoms with Gasteiger partial charge >= 0.3 is 0 Å². The Morgan fingerprint density at radius 2 is 1.82 bits per heavy atom. The molecule has 0 unspecified atom stereocenters. The summed E-state index contributed by atoms with van der Waals surface area (Å²) in [6.45, 7) is 8.96. The lowest BCUT2D eigenvalue weighted by atomic mass is 10.1. The highest BCUT2D eigenvalue weighted by Crippen LogP contribution is 2.14. The number of aliphatic imine (C=N–C) groups is 1. The van der Waals surface area contributed by atoms with E-state index in [1.807, 2.05) is 24.3 Å². The summed E-state index contributed by atoms with van der Waals surface area (Å²) in [4.78, 5) is 19.5. The van der Waals surface area contributed by atoms with Gasteiger partial charge in [-0.3, -0.25) is 20.0 Å². The molecule has 1 heterocycles. The van der Waals surface area contributed by atoms with E-state index in [-0.39, 0.29) is 5.91 Å². The van der Waals surface area contributed by atoms with Crippen LogP contribution >= 0.6 is 0 Å². The van der Waals surface area contributed by atoms with Gasteiger partial charge in [-0.25, -0.2) is 0 Å². The lowest BCUT2D eigenvalue weighted by molar-refractivity contribution is 0.0394. The van der Waals surface area contributed by atoms with Gasteiger partial charge in [-0.05, 0) is 49.2 Å². The molecule has 1 aliphatic rings. The van der Waals surface area contributed by atoms with Gasteiger partial charge in [0.25, 0.3) is 5.91 Å². The van der Waals surface area contributed by atoms with Gasteiger partial charge < -0.3 is 10.1 Å². The molecular weight excluding hydrogens is 352 g/mol. The summed E-state index contributed by atoms with van der Waals surface area (Å²) in [6, 6.07) is 15.3. The van der Waals surface area contributed by atoms with E-state index in [0.29, 0.717) is 18.1 Å². The highest BCUT2D eigenvalue weighted by atomic mass is 16.5. The highest BCUT2D eigenvalue weighted by molar-refractivity contribution is 6.09. The second-order valence-electron chi connectivity index (χ2n) is 6.93. The SMILES string of the molecule is Cc1ccc(NC(=NCCN2CCOCC2)NC(=O)c2ccccc2)cc1C. The Labute approximate surface area is 166 Å². The lowest BCUT2D eigenvalue weighted by Gasteiger charge is -2.25. The van der Waals surface area contributed by atoms with Crippen LogP contribution in [0.15, 0.2) is 53.5 Å². The van der Waals surface area contributed by atoms with Crippen LogP contribution in [0, 0.1) is 13.8 Å². The van der Waals surface area contributed by atoms with Gasteiger partial charge in [0.2, 0.25) is 5.96 Å². The summed E-state index contributed by atoms with van der Waals surface area (Å²) in [5, 5.41) is 6.17. The van der Waals surface area contributed by atoms with E-state index in [9.17, 15) is 4.79 Å². The second-order valence-corrected chi connectivity index (χ2v) is 6.93. The Hall–Kier alpha value is -2.70. The Balaban J connectivity index is 1.69. The minimum absolute atomic E-state index is 0.179. The molecule has 1 saturated heterocycles. The van der Waals surface area contributed by atoms with Crippen molar-refractivity contribution in [1.82, 2.24) is 10.2 Å². The molecule has 0 aliphatic carbocycles. The van der Waals surface area contributed by atoms with Gasteiger partial charge in [0.1, 0.15) is 0 Å². The maximum Gasteiger partial charge on any atom is 0.257 e. The standard InChI is InChI=1S/C22H28N4O2/c1-17-8-9-20(16-18(17)2)24-22(23-10-11-26-12-14-28-15-13-26)25-21(27)19-6-4-3-5-7-19/h3-9,16H,10-15H2,1-2H3,(H2,23,24,25,27). The molecule has 1 aliphatic heterocycles. The number of guanidine groups is 1. The van der Waals surface area contributed by atoms with Gasteiger partial charge in [0.05, 0.1) is 19.8 Å². The van der Waals surface area contributed by atoms with Crippen LogP contribution in [0.5, 0.6) is 0 Å². The van der Waals surface area contributed by atoms with Crippen LogP contribution in [0.3, 0.4) is 0 Å². The van der Waals surface area contributed by atoms with Gasteiger partial charge in [0.15, 0.2) is 0 Å². The monoisotopic (exact) mass is 380 g/mol. The van der Waals surface area contributed by atoms with Crippen LogP contribution in [-0.4, -0.2) is 56.2 Å². The molecule has 0 spiro atoms. The van der Waals surface area contributed by atoms with E-state index in [1.165, 1.54) is 11.1 Å². The van der Waals surface area contributed by atoms with E-state index < -0.39 is 0 Å². The van der Waals surface area contributed by atoms with Crippen LogP contribution in [-0.2, 0) is 4.74 Å². The predicted octanol–water partition coefficient (Wildman–Crippen LogP) is 2.83. The van der Waals surface area contributed by atoms with E-state index in [1.54, 1.807) is 12.1 Å². The van der Waals surface area contributed by atoms with Crippen molar-refractivity contribution in [2.45, 2.75) is 13.8 Å². The minimum Gasteiger partial charge on any atom is -0.379 e. The third-order valence-electron chi connectivity index (χ3n) is 4.83. The van der Waals surface area contributed by atoms with Crippen LogP contribution < -0.4 is 10.6 Å². The molecule has 6 nitrogen and oxygen atoms in total. The van der Waals surface area contributed by atoms with Gasteiger partial charge in [-0.15, -0.1) is 0 Å². The Kier molecular flexibility index (Phi) is 7.17. The molecule has 0 bridgehead atoms. The zero-order valence-electron chi connectivity index (χ0n) is 16.6. The summed E-state index contributed by atoms with van der Waals surface area (Å²) in [5.41, 5.74) is 3.92. The average Bonchev–Trinajstić information content (AvgIpc) is 2.72.